The largest absolute Gasteiger partial charge is 0.313 e. The molecule has 2 fully saturated rings. The van der Waals surface area contributed by atoms with Gasteiger partial charge in [-0.2, -0.15) is 0 Å². The summed E-state index contributed by atoms with van der Waals surface area (Å²) in [6, 6.07) is 0.820. The Morgan fingerprint density at radius 1 is 1.18 bits per heavy atom. The van der Waals surface area contributed by atoms with E-state index in [1.165, 1.54) is 64.7 Å². The van der Waals surface area contributed by atoms with Crippen molar-refractivity contribution in [1.29, 1.82) is 0 Å². The van der Waals surface area contributed by atoms with Crippen molar-refractivity contribution in [3.05, 3.63) is 0 Å². The maximum Gasteiger partial charge on any atom is 0.00953 e. The van der Waals surface area contributed by atoms with Crippen LogP contribution in [0.25, 0.3) is 0 Å². The van der Waals surface area contributed by atoms with E-state index in [-0.39, 0.29) is 0 Å². The van der Waals surface area contributed by atoms with E-state index in [0.717, 1.165) is 17.9 Å². The summed E-state index contributed by atoms with van der Waals surface area (Å²) >= 11 is 0. The standard InChI is InChI=1S/C15H30N2/c1-3-14-7-6-8-15(14)16-11-13(2)12-17-9-4-5-10-17/h13-16H,3-12H2,1-2H3. The fraction of sp³-hybridized carbons (Fsp3) is 1.00. The van der Waals surface area contributed by atoms with Crippen LogP contribution in [0.3, 0.4) is 0 Å². The third kappa shape index (κ3) is 3.96. The third-order valence-electron chi connectivity index (χ3n) is 4.68. The maximum absolute atomic E-state index is 3.83. The topological polar surface area (TPSA) is 15.3 Å². The Hall–Kier alpha value is -0.0800. The SMILES string of the molecule is CCC1CCCC1NCC(C)CN1CCCC1. The van der Waals surface area contributed by atoms with Crippen LogP contribution in [-0.2, 0) is 0 Å². The summed E-state index contributed by atoms with van der Waals surface area (Å²) in [7, 11) is 0. The van der Waals surface area contributed by atoms with Gasteiger partial charge in [0, 0.05) is 12.6 Å². The van der Waals surface area contributed by atoms with Crippen molar-refractivity contribution in [2.45, 2.75) is 58.4 Å². The van der Waals surface area contributed by atoms with Crippen LogP contribution < -0.4 is 5.32 Å². The molecule has 0 aromatic carbocycles. The summed E-state index contributed by atoms with van der Waals surface area (Å²) in [5.74, 6) is 1.76. The molecule has 17 heavy (non-hydrogen) atoms. The summed E-state index contributed by atoms with van der Waals surface area (Å²) in [6.45, 7) is 9.95. The van der Waals surface area contributed by atoms with Crippen LogP contribution in [0.15, 0.2) is 0 Å². The van der Waals surface area contributed by atoms with Crippen LogP contribution >= 0.6 is 0 Å². The van der Waals surface area contributed by atoms with Crippen molar-refractivity contribution in [1.82, 2.24) is 10.2 Å². The lowest BCUT2D eigenvalue weighted by Gasteiger charge is -2.24. The molecule has 0 amide bonds. The number of likely N-dealkylation sites (tertiary alicyclic amines) is 1. The zero-order valence-electron chi connectivity index (χ0n) is 11.8. The van der Waals surface area contributed by atoms with Gasteiger partial charge >= 0.3 is 0 Å². The predicted octanol–water partition coefficient (Wildman–Crippen LogP) is 2.89. The first-order valence-corrected chi connectivity index (χ1v) is 7.75. The molecule has 0 aromatic heterocycles. The van der Waals surface area contributed by atoms with E-state index in [4.69, 9.17) is 0 Å². The van der Waals surface area contributed by atoms with Crippen LogP contribution in [0.2, 0.25) is 0 Å². The van der Waals surface area contributed by atoms with E-state index in [9.17, 15) is 0 Å². The van der Waals surface area contributed by atoms with Gasteiger partial charge in [-0.25, -0.2) is 0 Å². The Labute approximate surface area is 107 Å². The molecule has 2 nitrogen and oxygen atoms in total. The second-order valence-corrected chi connectivity index (χ2v) is 6.23. The Bertz CT molecular complexity index is 211. The Morgan fingerprint density at radius 2 is 1.94 bits per heavy atom. The molecule has 0 spiro atoms. The van der Waals surface area contributed by atoms with Gasteiger partial charge in [0.25, 0.3) is 0 Å². The summed E-state index contributed by atoms with van der Waals surface area (Å²) in [4.78, 5) is 2.64. The summed E-state index contributed by atoms with van der Waals surface area (Å²) in [5.41, 5.74) is 0. The van der Waals surface area contributed by atoms with Crippen molar-refractivity contribution >= 4 is 0 Å². The van der Waals surface area contributed by atoms with Crippen LogP contribution in [0.4, 0.5) is 0 Å². The average molecular weight is 238 g/mol. The molecule has 1 aliphatic heterocycles. The van der Waals surface area contributed by atoms with Gasteiger partial charge in [0.2, 0.25) is 0 Å². The zero-order valence-corrected chi connectivity index (χ0v) is 11.8. The highest BCUT2D eigenvalue weighted by Gasteiger charge is 2.25. The molecular formula is C15H30N2. The minimum absolute atomic E-state index is 0.811. The predicted molar refractivity (Wildman–Crippen MR) is 74.3 cm³/mol. The molecule has 1 aliphatic carbocycles. The first kappa shape index (κ1) is 13.4. The highest BCUT2D eigenvalue weighted by Crippen LogP contribution is 2.28. The molecule has 0 bridgehead atoms. The van der Waals surface area contributed by atoms with Crippen molar-refractivity contribution in [3.63, 3.8) is 0 Å². The summed E-state index contributed by atoms with van der Waals surface area (Å²) in [6.07, 6.45) is 8.50. The highest BCUT2D eigenvalue weighted by molar-refractivity contribution is 4.83. The minimum Gasteiger partial charge on any atom is -0.313 e. The lowest BCUT2D eigenvalue weighted by Crippen LogP contribution is -2.38. The summed E-state index contributed by atoms with van der Waals surface area (Å²) in [5, 5.41) is 3.83. The van der Waals surface area contributed by atoms with Crippen molar-refractivity contribution in [3.8, 4) is 0 Å². The van der Waals surface area contributed by atoms with Gasteiger partial charge in [0.05, 0.1) is 0 Å². The maximum atomic E-state index is 3.83. The molecule has 0 aromatic rings. The van der Waals surface area contributed by atoms with Gasteiger partial charge in [-0.05, 0) is 57.2 Å². The van der Waals surface area contributed by atoms with E-state index >= 15 is 0 Å². The third-order valence-corrected chi connectivity index (χ3v) is 4.68. The van der Waals surface area contributed by atoms with Crippen LogP contribution in [0.1, 0.15) is 52.4 Å². The van der Waals surface area contributed by atoms with Gasteiger partial charge in [0.15, 0.2) is 0 Å². The minimum atomic E-state index is 0.811. The molecule has 2 aliphatic rings. The lowest BCUT2D eigenvalue weighted by molar-refractivity contribution is 0.270. The molecule has 1 saturated heterocycles. The van der Waals surface area contributed by atoms with Gasteiger partial charge < -0.3 is 10.2 Å². The summed E-state index contributed by atoms with van der Waals surface area (Å²) < 4.78 is 0. The van der Waals surface area contributed by atoms with Crippen molar-refractivity contribution in [2.75, 3.05) is 26.2 Å². The van der Waals surface area contributed by atoms with E-state index in [0.29, 0.717) is 0 Å². The molecule has 1 saturated carbocycles. The number of rotatable bonds is 6. The number of nitrogens with one attached hydrogen (secondary N) is 1. The van der Waals surface area contributed by atoms with Crippen molar-refractivity contribution < 1.29 is 0 Å². The van der Waals surface area contributed by atoms with Crippen LogP contribution in [0, 0.1) is 11.8 Å². The van der Waals surface area contributed by atoms with Gasteiger partial charge in [-0.1, -0.05) is 26.7 Å². The van der Waals surface area contributed by atoms with Gasteiger partial charge in [-0.3, -0.25) is 0 Å². The second kappa shape index (κ2) is 6.75. The molecule has 2 rings (SSSR count). The first-order chi connectivity index (χ1) is 8.29. The number of nitrogens with zero attached hydrogens (tertiary/aromatic N) is 1. The smallest absolute Gasteiger partial charge is 0.00953 e. The molecular weight excluding hydrogens is 208 g/mol. The second-order valence-electron chi connectivity index (χ2n) is 6.23. The monoisotopic (exact) mass is 238 g/mol. The van der Waals surface area contributed by atoms with E-state index in [1.54, 1.807) is 0 Å². The Kier molecular flexibility index (Phi) is 5.30. The lowest BCUT2D eigenvalue weighted by atomic mass is 10.00. The normalized spacial score (nSPS) is 32.1. The van der Waals surface area contributed by atoms with Crippen molar-refractivity contribution in [2.24, 2.45) is 11.8 Å². The van der Waals surface area contributed by atoms with E-state index in [2.05, 4.69) is 24.1 Å². The first-order valence-electron chi connectivity index (χ1n) is 7.75. The highest BCUT2D eigenvalue weighted by atomic mass is 15.1. The number of hydrogen-bond donors (Lipinski definition) is 1. The zero-order chi connectivity index (χ0) is 12.1. The average Bonchev–Trinajstić information content (AvgIpc) is 2.96. The molecule has 100 valence electrons. The van der Waals surface area contributed by atoms with E-state index in [1.807, 2.05) is 0 Å². The number of hydrogen-bond acceptors (Lipinski definition) is 2. The molecule has 2 heteroatoms. The fourth-order valence-electron chi connectivity index (χ4n) is 3.62. The van der Waals surface area contributed by atoms with E-state index < -0.39 is 0 Å². The van der Waals surface area contributed by atoms with Gasteiger partial charge in [-0.15, -0.1) is 0 Å². The fourth-order valence-corrected chi connectivity index (χ4v) is 3.62. The molecule has 3 unspecified atom stereocenters. The molecule has 3 atom stereocenters. The quantitative estimate of drug-likeness (QED) is 0.765. The molecule has 0 radical (unpaired) electrons. The van der Waals surface area contributed by atoms with Crippen LogP contribution in [-0.4, -0.2) is 37.1 Å². The van der Waals surface area contributed by atoms with Gasteiger partial charge in [0.1, 0.15) is 0 Å². The Morgan fingerprint density at radius 3 is 2.65 bits per heavy atom. The van der Waals surface area contributed by atoms with Crippen LogP contribution in [0.5, 0.6) is 0 Å². The molecule has 1 N–H and O–H groups in total. The molecule has 1 heterocycles. The Balaban J connectivity index is 1.63.